The quantitative estimate of drug-likeness (QED) is 0.347. The SMILES string of the molecule is COC1=C(OC)C(O)(C2(O)CC3(O)CC(=O)OC3C(OC)=C2OC)CC2(O)CC(=O)OC12. The molecule has 178 valence electrons. The molecule has 0 aromatic rings. The minimum absolute atomic E-state index is 0.217. The minimum atomic E-state index is -2.51. The highest BCUT2D eigenvalue weighted by molar-refractivity contribution is 5.76. The number of carbonyl (C=O) groups excluding carboxylic acids is 2. The van der Waals surface area contributed by atoms with Crippen LogP contribution in [0.2, 0.25) is 0 Å². The largest absolute Gasteiger partial charge is 0.494 e. The molecule has 6 atom stereocenters. The highest BCUT2D eigenvalue weighted by Gasteiger charge is 2.73. The molecule has 4 aliphatic rings. The van der Waals surface area contributed by atoms with Crippen LogP contribution in [0.1, 0.15) is 25.7 Å². The average Bonchev–Trinajstić information content (AvgIpc) is 3.17. The summed E-state index contributed by atoms with van der Waals surface area (Å²) in [5, 5.41) is 46.4. The summed E-state index contributed by atoms with van der Waals surface area (Å²) in [7, 11) is 4.83. The van der Waals surface area contributed by atoms with Crippen LogP contribution in [-0.2, 0) is 38.0 Å². The topological polar surface area (TPSA) is 170 Å². The Morgan fingerprint density at radius 2 is 1.03 bits per heavy atom. The van der Waals surface area contributed by atoms with Gasteiger partial charge >= 0.3 is 11.9 Å². The van der Waals surface area contributed by atoms with Crippen molar-refractivity contribution >= 4 is 11.9 Å². The first-order valence-corrected chi connectivity index (χ1v) is 9.86. The molecule has 4 rings (SSSR count). The number of ether oxygens (including phenoxy) is 6. The fourth-order valence-corrected chi connectivity index (χ4v) is 5.46. The van der Waals surface area contributed by atoms with Gasteiger partial charge in [0.2, 0.25) is 0 Å². The number of hydrogen-bond donors (Lipinski definition) is 4. The molecule has 0 amide bonds. The van der Waals surface area contributed by atoms with Gasteiger partial charge in [-0.15, -0.1) is 0 Å². The van der Waals surface area contributed by atoms with E-state index in [2.05, 4.69) is 0 Å². The van der Waals surface area contributed by atoms with Crippen molar-refractivity contribution in [2.24, 2.45) is 0 Å². The van der Waals surface area contributed by atoms with E-state index in [1.807, 2.05) is 0 Å². The highest BCUT2D eigenvalue weighted by Crippen LogP contribution is 2.57. The molecule has 2 aliphatic carbocycles. The van der Waals surface area contributed by atoms with Crippen LogP contribution >= 0.6 is 0 Å². The Morgan fingerprint density at radius 1 is 0.688 bits per heavy atom. The molecule has 0 aromatic carbocycles. The molecule has 12 heteroatoms. The molecule has 4 N–H and O–H groups in total. The van der Waals surface area contributed by atoms with E-state index in [9.17, 15) is 30.0 Å². The van der Waals surface area contributed by atoms with Crippen LogP contribution in [0.5, 0.6) is 0 Å². The lowest BCUT2D eigenvalue weighted by Crippen LogP contribution is -2.69. The molecular weight excluding hydrogens is 432 g/mol. The van der Waals surface area contributed by atoms with Crippen LogP contribution in [0.15, 0.2) is 23.0 Å². The van der Waals surface area contributed by atoms with Gasteiger partial charge in [0.05, 0.1) is 41.3 Å². The van der Waals surface area contributed by atoms with Gasteiger partial charge in [0, 0.05) is 12.8 Å². The van der Waals surface area contributed by atoms with Crippen molar-refractivity contribution in [1.29, 1.82) is 0 Å². The Balaban J connectivity index is 1.97. The monoisotopic (exact) mass is 458 g/mol. The second-order valence-corrected chi connectivity index (χ2v) is 8.58. The van der Waals surface area contributed by atoms with Gasteiger partial charge in [-0.05, 0) is 0 Å². The van der Waals surface area contributed by atoms with E-state index < -0.39 is 72.2 Å². The van der Waals surface area contributed by atoms with Crippen LogP contribution in [0.25, 0.3) is 0 Å². The summed E-state index contributed by atoms with van der Waals surface area (Å²) in [5.41, 5.74) is -8.95. The Morgan fingerprint density at radius 3 is 1.31 bits per heavy atom. The Hall–Kier alpha value is -2.54. The number of fused-ring (bicyclic) bond motifs is 2. The third-order valence-corrected chi connectivity index (χ3v) is 6.71. The molecule has 2 aliphatic heterocycles. The number of hydrogen-bond acceptors (Lipinski definition) is 12. The lowest BCUT2D eigenvalue weighted by atomic mass is 9.61. The Kier molecular flexibility index (Phi) is 4.94. The normalized spacial score (nSPS) is 43.4. The molecular formula is C20H26O12. The molecule has 0 radical (unpaired) electrons. The van der Waals surface area contributed by atoms with Gasteiger partial charge in [-0.3, -0.25) is 9.59 Å². The summed E-state index contributed by atoms with van der Waals surface area (Å²) in [5.74, 6) is -2.60. The molecule has 0 aromatic heterocycles. The van der Waals surface area contributed by atoms with Crippen LogP contribution < -0.4 is 0 Å². The summed E-state index contributed by atoms with van der Waals surface area (Å²) in [6, 6.07) is 0. The molecule has 2 fully saturated rings. The average molecular weight is 458 g/mol. The number of aliphatic hydroxyl groups is 4. The van der Waals surface area contributed by atoms with Gasteiger partial charge in [0.15, 0.2) is 46.4 Å². The first-order chi connectivity index (χ1) is 14.9. The molecule has 0 saturated carbocycles. The van der Waals surface area contributed by atoms with Crippen LogP contribution in [-0.4, -0.2) is 95.4 Å². The van der Waals surface area contributed by atoms with Gasteiger partial charge in [0.1, 0.15) is 11.2 Å². The van der Waals surface area contributed by atoms with Gasteiger partial charge in [-0.25, -0.2) is 0 Å². The number of carbonyl (C=O) groups is 2. The van der Waals surface area contributed by atoms with E-state index in [1.165, 1.54) is 28.4 Å². The molecule has 0 bridgehead atoms. The summed E-state index contributed by atoms with van der Waals surface area (Å²) in [6.07, 6.45) is -4.85. The van der Waals surface area contributed by atoms with Crippen molar-refractivity contribution in [1.82, 2.24) is 0 Å². The van der Waals surface area contributed by atoms with E-state index in [0.29, 0.717) is 0 Å². The van der Waals surface area contributed by atoms with Crippen molar-refractivity contribution in [3.8, 4) is 0 Å². The molecule has 12 nitrogen and oxygen atoms in total. The maximum absolute atomic E-state index is 12.0. The third-order valence-electron chi connectivity index (χ3n) is 6.71. The standard InChI is InChI=1S/C20H26O12/c1-27-11-13-17(23,5-9(21)31-13)7-19(25,15(11)29-3)20(26)8-18(24)6-10(22)32-14(18)12(28-2)16(20)30-4/h13-14,23-26H,5-8H2,1-4H3. The van der Waals surface area contributed by atoms with Crippen molar-refractivity contribution in [2.75, 3.05) is 28.4 Å². The van der Waals surface area contributed by atoms with E-state index in [0.717, 1.165) is 0 Å². The van der Waals surface area contributed by atoms with E-state index in [-0.39, 0.29) is 23.0 Å². The molecule has 6 unspecified atom stereocenters. The molecule has 0 spiro atoms. The van der Waals surface area contributed by atoms with Gasteiger partial charge in [-0.1, -0.05) is 0 Å². The predicted octanol–water partition coefficient (Wildman–Crippen LogP) is -1.64. The summed E-state index contributed by atoms with van der Waals surface area (Å²) >= 11 is 0. The van der Waals surface area contributed by atoms with Crippen LogP contribution in [0.3, 0.4) is 0 Å². The number of rotatable bonds is 5. The van der Waals surface area contributed by atoms with E-state index in [1.54, 1.807) is 0 Å². The zero-order valence-electron chi connectivity index (χ0n) is 18.0. The molecule has 32 heavy (non-hydrogen) atoms. The third kappa shape index (κ3) is 2.70. The Bertz CT molecular complexity index is 852. The number of methoxy groups -OCH3 is 4. The second-order valence-electron chi connectivity index (χ2n) is 8.58. The fourth-order valence-electron chi connectivity index (χ4n) is 5.46. The van der Waals surface area contributed by atoms with Gasteiger partial charge < -0.3 is 48.8 Å². The van der Waals surface area contributed by atoms with Crippen molar-refractivity contribution < 1.29 is 58.4 Å². The van der Waals surface area contributed by atoms with Crippen molar-refractivity contribution in [3.05, 3.63) is 23.0 Å². The van der Waals surface area contributed by atoms with Gasteiger partial charge in [0.25, 0.3) is 0 Å². The highest BCUT2D eigenvalue weighted by atomic mass is 16.6. The maximum atomic E-state index is 12.0. The predicted molar refractivity (Wildman–Crippen MR) is 100 cm³/mol. The Labute approximate surface area is 182 Å². The zero-order chi connectivity index (χ0) is 23.7. The number of esters is 2. The minimum Gasteiger partial charge on any atom is -0.494 e. The lowest BCUT2D eigenvalue weighted by Gasteiger charge is -2.54. The summed E-state index contributed by atoms with van der Waals surface area (Å²) < 4.78 is 31.8. The molecule has 2 saturated heterocycles. The van der Waals surface area contributed by atoms with E-state index in [4.69, 9.17) is 28.4 Å². The second kappa shape index (κ2) is 6.98. The lowest BCUT2D eigenvalue weighted by molar-refractivity contribution is -0.229. The fraction of sp³-hybridized carbons (Fsp3) is 0.700. The van der Waals surface area contributed by atoms with Crippen molar-refractivity contribution in [2.45, 2.75) is 60.3 Å². The first kappa shape index (κ1) is 22.6. The van der Waals surface area contributed by atoms with Crippen LogP contribution in [0, 0.1) is 0 Å². The first-order valence-electron chi connectivity index (χ1n) is 9.86. The molecule has 2 heterocycles. The maximum Gasteiger partial charge on any atom is 0.309 e. The summed E-state index contributed by atoms with van der Waals surface area (Å²) in [6.45, 7) is 0. The zero-order valence-corrected chi connectivity index (χ0v) is 18.0. The van der Waals surface area contributed by atoms with Gasteiger partial charge in [-0.2, -0.15) is 0 Å². The van der Waals surface area contributed by atoms with Crippen molar-refractivity contribution in [3.63, 3.8) is 0 Å². The summed E-state index contributed by atoms with van der Waals surface area (Å²) in [4.78, 5) is 24.0. The smallest absolute Gasteiger partial charge is 0.309 e. The van der Waals surface area contributed by atoms with Crippen LogP contribution in [0.4, 0.5) is 0 Å². The van der Waals surface area contributed by atoms with E-state index >= 15 is 0 Å².